The van der Waals surface area contributed by atoms with Gasteiger partial charge in [-0.1, -0.05) is 52.9 Å². The summed E-state index contributed by atoms with van der Waals surface area (Å²) in [5.41, 5.74) is 2.73. The highest BCUT2D eigenvalue weighted by atomic mass is 19.4. The molecule has 0 saturated heterocycles. The van der Waals surface area contributed by atoms with E-state index in [4.69, 9.17) is 4.74 Å². The minimum atomic E-state index is -4.07. The molecular weight excluding hydrogens is 425 g/mol. The number of ether oxygens (including phenoxy) is 1. The standard InChI is InChI=1S/C28H45F3O2/c1-19(2)10-7-13-24(28(29,30)31)14-8-11-20(3)12-9-16-27(6)17-15-23-18-25(32)21(4)22(5)26(23)33-27/h18-20,24,32H,7-17H2,1-6H3. The molecule has 0 aliphatic carbocycles. The van der Waals surface area contributed by atoms with Crippen LogP contribution in [0, 0.1) is 31.6 Å². The number of hydrogen-bond donors (Lipinski definition) is 1. The van der Waals surface area contributed by atoms with Crippen LogP contribution >= 0.6 is 0 Å². The second-order valence-electron chi connectivity index (χ2n) is 11.2. The van der Waals surface area contributed by atoms with Crippen LogP contribution in [0.2, 0.25) is 0 Å². The summed E-state index contributed by atoms with van der Waals surface area (Å²) >= 11 is 0. The van der Waals surface area contributed by atoms with Crippen LogP contribution in [0.4, 0.5) is 13.2 Å². The molecule has 1 heterocycles. The van der Waals surface area contributed by atoms with E-state index in [9.17, 15) is 18.3 Å². The number of aryl methyl sites for hydroxylation is 1. The van der Waals surface area contributed by atoms with Crippen LogP contribution in [0.1, 0.15) is 109 Å². The zero-order chi connectivity index (χ0) is 24.8. The number of phenolic OH excluding ortho intramolecular Hbond substituents is 1. The van der Waals surface area contributed by atoms with E-state index >= 15 is 0 Å². The van der Waals surface area contributed by atoms with Gasteiger partial charge in [0.1, 0.15) is 17.1 Å². The Morgan fingerprint density at radius 3 is 2.18 bits per heavy atom. The Bertz CT molecular complexity index is 756. The SMILES string of the molecule is Cc1c(O)cc2c(c1C)OC(C)(CCCC(C)CCCC(CCCC(C)C)C(F)(F)F)CC2. The zero-order valence-electron chi connectivity index (χ0n) is 21.6. The lowest BCUT2D eigenvalue weighted by Gasteiger charge is -2.37. The van der Waals surface area contributed by atoms with E-state index in [1.807, 2.05) is 19.9 Å². The Kier molecular flexibility index (Phi) is 9.99. The highest BCUT2D eigenvalue weighted by molar-refractivity contribution is 5.53. The Morgan fingerprint density at radius 2 is 1.58 bits per heavy atom. The van der Waals surface area contributed by atoms with E-state index in [1.54, 1.807) is 0 Å². The average molecular weight is 471 g/mol. The summed E-state index contributed by atoms with van der Waals surface area (Å²) < 4.78 is 46.6. The van der Waals surface area contributed by atoms with Gasteiger partial charge in [0.2, 0.25) is 0 Å². The summed E-state index contributed by atoms with van der Waals surface area (Å²) in [7, 11) is 0. The Balaban J connectivity index is 1.76. The predicted octanol–water partition coefficient (Wildman–Crippen LogP) is 9.07. The van der Waals surface area contributed by atoms with E-state index < -0.39 is 12.1 Å². The van der Waals surface area contributed by atoms with Gasteiger partial charge in [0.15, 0.2) is 0 Å². The third kappa shape index (κ3) is 8.40. The topological polar surface area (TPSA) is 29.5 Å². The van der Waals surface area contributed by atoms with Gasteiger partial charge in [-0.25, -0.2) is 0 Å². The van der Waals surface area contributed by atoms with Gasteiger partial charge < -0.3 is 9.84 Å². The van der Waals surface area contributed by atoms with Crippen molar-refractivity contribution in [3.8, 4) is 11.5 Å². The van der Waals surface area contributed by atoms with Gasteiger partial charge in [-0.05, 0) is 93.9 Å². The van der Waals surface area contributed by atoms with Gasteiger partial charge >= 0.3 is 6.18 Å². The van der Waals surface area contributed by atoms with E-state index in [-0.39, 0.29) is 18.4 Å². The van der Waals surface area contributed by atoms with Gasteiger partial charge in [-0.3, -0.25) is 0 Å². The number of halogens is 3. The van der Waals surface area contributed by atoms with E-state index in [2.05, 4.69) is 27.7 Å². The van der Waals surface area contributed by atoms with E-state index in [1.165, 1.54) is 0 Å². The summed E-state index contributed by atoms with van der Waals surface area (Å²) in [5.74, 6) is 0.990. The molecule has 0 aromatic heterocycles. The highest BCUT2D eigenvalue weighted by Crippen LogP contribution is 2.42. The van der Waals surface area contributed by atoms with Crippen LogP contribution < -0.4 is 4.74 Å². The second-order valence-corrected chi connectivity index (χ2v) is 11.2. The molecule has 190 valence electrons. The van der Waals surface area contributed by atoms with Crippen molar-refractivity contribution >= 4 is 0 Å². The number of benzene rings is 1. The quantitative estimate of drug-likeness (QED) is 0.330. The third-order valence-corrected chi connectivity index (χ3v) is 7.61. The molecule has 1 aliphatic heterocycles. The average Bonchev–Trinajstić information content (AvgIpc) is 2.71. The minimum Gasteiger partial charge on any atom is -0.508 e. The molecule has 0 fully saturated rings. The van der Waals surface area contributed by atoms with Crippen molar-refractivity contribution in [2.24, 2.45) is 17.8 Å². The fraction of sp³-hybridized carbons (Fsp3) is 0.786. The van der Waals surface area contributed by atoms with Gasteiger partial charge in [0.25, 0.3) is 0 Å². The van der Waals surface area contributed by atoms with Gasteiger partial charge in [-0.2, -0.15) is 13.2 Å². The molecule has 0 spiro atoms. The molecule has 1 aromatic carbocycles. The zero-order valence-corrected chi connectivity index (χ0v) is 21.6. The molecule has 0 bridgehead atoms. The van der Waals surface area contributed by atoms with Crippen LogP contribution in [0.5, 0.6) is 11.5 Å². The van der Waals surface area contributed by atoms with Gasteiger partial charge in [-0.15, -0.1) is 0 Å². The number of fused-ring (bicyclic) bond motifs is 1. The summed E-state index contributed by atoms with van der Waals surface area (Å²) in [6, 6.07) is 1.83. The highest BCUT2D eigenvalue weighted by Gasteiger charge is 2.38. The summed E-state index contributed by atoms with van der Waals surface area (Å²) in [6.45, 7) is 12.4. The maximum atomic E-state index is 13.4. The number of alkyl halides is 3. The molecule has 2 rings (SSSR count). The number of rotatable bonds is 12. The molecule has 3 unspecified atom stereocenters. The molecule has 3 atom stereocenters. The molecule has 1 aromatic rings. The summed E-state index contributed by atoms with van der Waals surface area (Å²) in [6.07, 6.45) is 4.28. The van der Waals surface area contributed by atoms with E-state index in [0.717, 1.165) is 67.4 Å². The second kappa shape index (κ2) is 11.8. The molecule has 0 amide bonds. The fourth-order valence-corrected chi connectivity index (χ4v) is 5.07. The predicted molar refractivity (Wildman–Crippen MR) is 130 cm³/mol. The van der Waals surface area contributed by atoms with Crippen molar-refractivity contribution in [3.63, 3.8) is 0 Å². The summed E-state index contributed by atoms with van der Waals surface area (Å²) in [5, 5.41) is 10.1. The van der Waals surface area contributed by atoms with Crippen LogP contribution in [0.3, 0.4) is 0 Å². The first-order chi connectivity index (χ1) is 15.3. The van der Waals surface area contributed by atoms with Crippen molar-refractivity contribution in [1.29, 1.82) is 0 Å². The smallest absolute Gasteiger partial charge is 0.391 e. The van der Waals surface area contributed by atoms with Crippen molar-refractivity contribution < 1.29 is 23.0 Å². The normalized spacial score (nSPS) is 20.4. The Labute approximate surface area is 199 Å². The van der Waals surface area contributed by atoms with Crippen molar-refractivity contribution in [1.82, 2.24) is 0 Å². The van der Waals surface area contributed by atoms with Gasteiger partial charge in [0, 0.05) is 0 Å². The lowest BCUT2D eigenvalue weighted by molar-refractivity contribution is -0.179. The largest absolute Gasteiger partial charge is 0.508 e. The Hall–Kier alpha value is -1.39. The lowest BCUT2D eigenvalue weighted by Crippen LogP contribution is -2.36. The third-order valence-electron chi connectivity index (χ3n) is 7.61. The van der Waals surface area contributed by atoms with Crippen molar-refractivity contribution in [3.05, 3.63) is 22.8 Å². The summed E-state index contributed by atoms with van der Waals surface area (Å²) in [4.78, 5) is 0. The van der Waals surface area contributed by atoms with Crippen LogP contribution in [0.25, 0.3) is 0 Å². The lowest BCUT2D eigenvalue weighted by atomic mass is 9.85. The molecule has 33 heavy (non-hydrogen) atoms. The van der Waals surface area contributed by atoms with Crippen LogP contribution in [-0.4, -0.2) is 16.9 Å². The van der Waals surface area contributed by atoms with Gasteiger partial charge in [0.05, 0.1) is 5.92 Å². The molecule has 5 heteroatoms. The van der Waals surface area contributed by atoms with Crippen LogP contribution in [0.15, 0.2) is 6.07 Å². The molecule has 0 radical (unpaired) electrons. The monoisotopic (exact) mass is 470 g/mol. The molecule has 1 aliphatic rings. The minimum absolute atomic E-state index is 0.224. The van der Waals surface area contributed by atoms with Crippen molar-refractivity contribution in [2.45, 2.75) is 124 Å². The maximum Gasteiger partial charge on any atom is 0.391 e. The number of aromatic hydroxyl groups is 1. The number of hydrogen-bond acceptors (Lipinski definition) is 2. The molecule has 1 N–H and O–H groups in total. The molecule has 0 saturated carbocycles. The molecular formula is C28H45F3O2. The first-order valence-electron chi connectivity index (χ1n) is 12.9. The number of phenols is 1. The van der Waals surface area contributed by atoms with Crippen LogP contribution in [-0.2, 0) is 6.42 Å². The van der Waals surface area contributed by atoms with E-state index in [0.29, 0.717) is 30.4 Å². The van der Waals surface area contributed by atoms with Crippen molar-refractivity contribution in [2.75, 3.05) is 0 Å². The molecule has 2 nitrogen and oxygen atoms in total. The first kappa shape index (κ1) is 27.9. The Morgan fingerprint density at radius 1 is 0.970 bits per heavy atom. The fourth-order valence-electron chi connectivity index (χ4n) is 5.07. The maximum absolute atomic E-state index is 13.4. The first-order valence-corrected chi connectivity index (χ1v) is 12.9.